The van der Waals surface area contributed by atoms with Gasteiger partial charge in [-0.1, -0.05) is 5.16 Å². The number of hydrogen-bond donors (Lipinski definition) is 2. The number of amides is 2. The number of hydrogen-bond acceptors (Lipinski definition) is 6. The summed E-state index contributed by atoms with van der Waals surface area (Å²) < 4.78 is 45.3. The van der Waals surface area contributed by atoms with Crippen LogP contribution in [0.4, 0.5) is 19.1 Å². The minimum Gasteiger partial charge on any atom is -0.406 e. The lowest BCUT2D eigenvalue weighted by atomic mass is 10.1. The molecule has 0 aliphatic heterocycles. The summed E-state index contributed by atoms with van der Waals surface area (Å²) in [7, 11) is 0. The van der Waals surface area contributed by atoms with Crippen molar-refractivity contribution in [2.24, 2.45) is 5.73 Å². The predicted molar refractivity (Wildman–Crippen MR) is 89.3 cm³/mol. The van der Waals surface area contributed by atoms with Crippen molar-refractivity contribution >= 4 is 17.7 Å². The first-order valence-electron chi connectivity index (χ1n) is 7.61. The summed E-state index contributed by atoms with van der Waals surface area (Å²) in [6.07, 6.45) is -1.90. The van der Waals surface area contributed by atoms with Crippen molar-refractivity contribution in [1.82, 2.24) is 10.1 Å². The van der Waals surface area contributed by atoms with Crippen LogP contribution in [0.3, 0.4) is 0 Å². The first kappa shape index (κ1) is 18.9. The average molecular weight is 392 g/mol. The fourth-order valence-electron chi connectivity index (χ4n) is 2.29. The molecule has 0 atom stereocenters. The number of ether oxygens (including phenoxy) is 1. The largest absolute Gasteiger partial charge is 0.573 e. The Hall–Kier alpha value is -3.89. The highest BCUT2D eigenvalue weighted by Gasteiger charge is 2.31. The molecule has 3 rings (SSSR count). The molecule has 1 aromatic carbocycles. The van der Waals surface area contributed by atoms with Gasteiger partial charge in [0.25, 0.3) is 11.8 Å². The van der Waals surface area contributed by atoms with Crippen molar-refractivity contribution in [1.29, 1.82) is 0 Å². The summed E-state index contributed by atoms with van der Waals surface area (Å²) in [6.45, 7) is 0. The monoisotopic (exact) mass is 392 g/mol. The second-order valence-corrected chi connectivity index (χ2v) is 5.37. The highest BCUT2D eigenvalue weighted by molar-refractivity contribution is 6.09. The number of pyridine rings is 1. The number of nitrogens with zero attached hydrogens (tertiary/aromatic N) is 2. The van der Waals surface area contributed by atoms with Crippen LogP contribution in [0.1, 0.15) is 20.7 Å². The molecule has 0 bridgehead atoms. The van der Waals surface area contributed by atoms with Crippen molar-refractivity contribution in [3.63, 3.8) is 0 Å². The first-order chi connectivity index (χ1) is 13.2. The molecule has 3 N–H and O–H groups in total. The van der Waals surface area contributed by atoms with E-state index in [2.05, 4.69) is 20.2 Å². The van der Waals surface area contributed by atoms with Gasteiger partial charge in [-0.05, 0) is 36.4 Å². The lowest BCUT2D eigenvalue weighted by Crippen LogP contribution is -2.18. The number of carbonyl (C=O) groups is 2. The molecule has 28 heavy (non-hydrogen) atoms. The Bertz CT molecular complexity index is 1000. The highest BCUT2D eigenvalue weighted by atomic mass is 19.4. The van der Waals surface area contributed by atoms with E-state index >= 15 is 0 Å². The van der Waals surface area contributed by atoms with E-state index in [0.717, 1.165) is 24.3 Å². The topological polar surface area (TPSA) is 120 Å². The molecule has 0 radical (unpaired) electrons. The third-order valence-corrected chi connectivity index (χ3v) is 3.45. The van der Waals surface area contributed by atoms with Crippen molar-refractivity contribution < 1.29 is 32.0 Å². The van der Waals surface area contributed by atoms with E-state index in [1.165, 1.54) is 12.4 Å². The number of halogens is 3. The normalized spacial score (nSPS) is 11.1. The number of rotatable bonds is 5. The fraction of sp³-hybridized carbons (Fsp3) is 0.0588. The van der Waals surface area contributed by atoms with Gasteiger partial charge in [0, 0.05) is 23.5 Å². The molecule has 2 heterocycles. The van der Waals surface area contributed by atoms with Crippen molar-refractivity contribution in [2.45, 2.75) is 6.36 Å². The zero-order valence-electron chi connectivity index (χ0n) is 13.9. The van der Waals surface area contributed by atoms with Crippen LogP contribution in [0.25, 0.3) is 11.3 Å². The molecule has 2 amide bonds. The third kappa shape index (κ3) is 4.26. The van der Waals surface area contributed by atoms with Gasteiger partial charge >= 0.3 is 6.36 Å². The Morgan fingerprint density at radius 1 is 1.14 bits per heavy atom. The van der Waals surface area contributed by atoms with Crippen LogP contribution in [0, 0.1) is 0 Å². The maximum absolute atomic E-state index is 12.3. The smallest absolute Gasteiger partial charge is 0.406 e. The van der Waals surface area contributed by atoms with Gasteiger partial charge in [0.05, 0.1) is 0 Å². The van der Waals surface area contributed by atoms with Gasteiger partial charge in [-0.15, -0.1) is 13.2 Å². The van der Waals surface area contributed by atoms with Gasteiger partial charge in [-0.25, -0.2) is 0 Å². The van der Waals surface area contributed by atoms with Crippen LogP contribution in [-0.4, -0.2) is 28.3 Å². The Morgan fingerprint density at radius 3 is 2.43 bits per heavy atom. The van der Waals surface area contributed by atoms with Crippen molar-refractivity contribution in [3.05, 3.63) is 59.9 Å². The van der Waals surface area contributed by atoms with Gasteiger partial charge in [0.1, 0.15) is 17.0 Å². The lowest BCUT2D eigenvalue weighted by molar-refractivity contribution is -0.274. The van der Waals surface area contributed by atoms with Crippen molar-refractivity contribution in [2.75, 3.05) is 5.32 Å². The van der Waals surface area contributed by atoms with Gasteiger partial charge in [-0.2, -0.15) is 0 Å². The first-order valence-corrected chi connectivity index (χ1v) is 7.61. The average Bonchev–Trinajstić information content (AvgIpc) is 3.05. The van der Waals surface area contributed by atoms with E-state index in [4.69, 9.17) is 10.3 Å². The molecule has 0 aliphatic rings. The van der Waals surface area contributed by atoms with Gasteiger partial charge < -0.3 is 15.0 Å². The molecule has 8 nitrogen and oxygen atoms in total. The van der Waals surface area contributed by atoms with E-state index in [1.54, 1.807) is 12.1 Å². The molecule has 0 saturated heterocycles. The maximum Gasteiger partial charge on any atom is 0.573 e. The molecule has 0 fully saturated rings. The molecule has 0 saturated carbocycles. The second kappa shape index (κ2) is 7.39. The Labute approximate surface area is 155 Å². The van der Waals surface area contributed by atoms with Crippen molar-refractivity contribution in [3.8, 4) is 17.0 Å². The summed E-state index contributed by atoms with van der Waals surface area (Å²) in [6, 6.07) is 7.38. The van der Waals surface area contributed by atoms with E-state index < -0.39 is 23.9 Å². The number of alkyl halides is 3. The van der Waals surface area contributed by atoms with Crippen LogP contribution in [-0.2, 0) is 0 Å². The third-order valence-electron chi connectivity index (χ3n) is 3.45. The van der Waals surface area contributed by atoms with E-state index in [9.17, 15) is 22.8 Å². The van der Waals surface area contributed by atoms with E-state index in [0.29, 0.717) is 5.56 Å². The zero-order valence-corrected chi connectivity index (χ0v) is 13.9. The Morgan fingerprint density at radius 2 is 1.86 bits per heavy atom. The molecule has 2 aromatic heterocycles. The summed E-state index contributed by atoms with van der Waals surface area (Å²) in [5.41, 5.74) is 5.71. The number of benzene rings is 1. The van der Waals surface area contributed by atoms with Crippen LogP contribution in [0.5, 0.6) is 5.75 Å². The summed E-state index contributed by atoms with van der Waals surface area (Å²) in [5.74, 6) is -2.44. The Balaban J connectivity index is 1.83. The standard InChI is InChI=1S/C17H11F3N4O4/c18-17(19,20)27-11-5-3-9(4-6-11)15(26)23-16-12(14(21)25)13(24-28-16)10-2-1-7-22-8-10/h1-8H,(H2,21,25)(H,23,26). The molecule has 144 valence electrons. The molecule has 3 aromatic rings. The molecular formula is C17H11F3N4O4. The molecule has 11 heteroatoms. The van der Waals surface area contributed by atoms with Crippen LogP contribution >= 0.6 is 0 Å². The van der Waals surface area contributed by atoms with Gasteiger partial charge in [0.2, 0.25) is 5.88 Å². The SMILES string of the molecule is NC(=O)c1c(-c2cccnc2)noc1NC(=O)c1ccc(OC(F)(F)F)cc1. The van der Waals surface area contributed by atoms with Crippen LogP contribution < -0.4 is 15.8 Å². The molecular weight excluding hydrogens is 381 g/mol. The summed E-state index contributed by atoms with van der Waals surface area (Å²) in [4.78, 5) is 28.0. The molecule has 0 unspecified atom stereocenters. The fourth-order valence-corrected chi connectivity index (χ4v) is 2.29. The number of nitrogens with one attached hydrogen (secondary N) is 1. The number of anilines is 1. The maximum atomic E-state index is 12.3. The molecule has 0 aliphatic carbocycles. The van der Waals surface area contributed by atoms with Crippen LogP contribution in [0.15, 0.2) is 53.3 Å². The van der Waals surface area contributed by atoms with Gasteiger partial charge in [-0.3, -0.25) is 19.9 Å². The minimum atomic E-state index is -4.84. The Kier molecular flexibility index (Phi) is 4.98. The molecule has 0 spiro atoms. The van der Waals surface area contributed by atoms with E-state index in [1.807, 2.05) is 0 Å². The minimum absolute atomic E-state index is 0.00993. The zero-order chi connectivity index (χ0) is 20.3. The highest BCUT2D eigenvalue weighted by Crippen LogP contribution is 2.28. The number of nitrogens with two attached hydrogens (primary N) is 1. The number of aromatic nitrogens is 2. The van der Waals surface area contributed by atoms with E-state index in [-0.39, 0.29) is 22.7 Å². The summed E-state index contributed by atoms with van der Waals surface area (Å²) >= 11 is 0. The van der Waals surface area contributed by atoms with Crippen LogP contribution in [0.2, 0.25) is 0 Å². The number of carbonyl (C=O) groups excluding carboxylic acids is 2. The second-order valence-electron chi connectivity index (χ2n) is 5.37. The predicted octanol–water partition coefficient (Wildman–Crippen LogP) is 2.99. The van der Waals surface area contributed by atoms with Gasteiger partial charge in [0.15, 0.2) is 0 Å². The number of primary amides is 1. The summed E-state index contributed by atoms with van der Waals surface area (Å²) in [5, 5.41) is 6.05. The lowest BCUT2D eigenvalue weighted by Gasteiger charge is -2.09. The quantitative estimate of drug-likeness (QED) is 0.689.